The van der Waals surface area contributed by atoms with Gasteiger partial charge in [-0.05, 0) is 96.3 Å². The van der Waals surface area contributed by atoms with E-state index in [-0.39, 0.29) is 31.1 Å². The molecule has 0 rings (SSSR count). The topological polar surface area (TPSA) is 78.9 Å². The third-order valence-corrected chi connectivity index (χ3v) is 10.3. The molecule has 0 amide bonds. The Bertz CT molecular complexity index is 1260. The van der Waals surface area contributed by atoms with Crippen molar-refractivity contribution in [3.63, 3.8) is 0 Å². The number of unbranched alkanes of at least 4 members (excludes halogenated alkanes) is 17. The van der Waals surface area contributed by atoms with Gasteiger partial charge in [0.1, 0.15) is 13.2 Å². The molecule has 0 saturated carbocycles. The molecule has 1 unspecified atom stereocenters. The highest BCUT2D eigenvalue weighted by molar-refractivity contribution is 5.71. The summed E-state index contributed by atoms with van der Waals surface area (Å²) in [6, 6.07) is 0. The monoisotopic (exact) mass is 861 g/mol. The second-order valence-electron chi connectivity index (χ2n) is 16.3. The molecule has 6 nitrogen and oxygen atoms in total. The number of esters is 3. The maximum absolute atomic E-state index is 12.7. The molecule has 0 spiro atoms. The highest BCUT2D eigenvalue weighted by Gasteiger charge is 2.19. The summed E-state index contributed by atoms with van der Waals surface area (Å²) >= 11 is 0. The second kappa shape index (κ2) is 50.0. The lowest BCUT2D eigenvalue weighted by Gasteiger charge is -2.18. The fourth-order valence-corrected chi connectivity index (χ4v) is 6.52. The fraction of sp³-hybridized carbons (Fsp3) is 0.661. The molecule has 0 aromatic heterocycles. The number of allylic oxidation sites excluding steroid dienone is 16. The molecule has 0 aliphatic rings. The van der Waals surface area contributed by atoms with E-state index in [9.17, 15) is 14.4 Å². The molecule has 0 bridgehead atoms. The third kappa shape index (κ3) is 47.4. The first kappa shape index (κ1) is 58.3. The lowest BCUT2D eigenvalue weighted by Crippen LogP contribution is -2.30. The maximum atomic E-state index is 12.7. The van der Waals surface area contributed by atoms with Gasteiger partial charge >= 0.3 is 17.9 Å². The molecule has 0 aliphatic carbocycles. The van der Waals surface area contributed by atoms with Crippen LogP contribution < -0.4 is 0 Å². The highest BCUT2D eigenvalue weighted by atomic mass is 16.6. The van der Waals surface area contributed by atoms with Crippen LogP contribution in [-0.4, -0.2) is 37.2 Å². The minimum absolute atomic E-state index is 0.0880. The summed E-state index contributed by atoms with van der Waals surface area (Å²) in [7, 11) is 0. The molecule has 352 valence electrons. The van der Waals surface area contributed by atoms with Gasteiger partial charge < -0.3 is 14.2 Å². The second-order valence-corrected chi connectivity index (χ2v) is 16.3. The number of carbonyl (C=O) groups excluding carboxylic acids is 3. The van der Waals surface area contributed by atoms with Crippen LogP contribution in [0.2, 0.25) is 0 Å². The van der Waals surface area contributed by atoms with Gasteiger partial charge in [-0.2, -0.15) is 0 Å². The molecule has 0 aliphatic heterocycles. The Labute approximate surface area is 381 Å². The zero-order valence-corrected chi connectivity index (χ0v) is 40.1. The Balaban J connectivity index is 4.20. The fourth-order valence-electron chi connectivity index (χ4n) is 6.52. The summed E-state index contributed by atoms with van der Waals surface area (Å²) in [5.41, 5.74) is 0. The molecule has 0 heterocycles. The molecular formula is C56H92O6. The first-order valence-corrected chi connectivity index (χ1v) is 25.2. The van der Waals surface area contributed by atoms with Crippen LogP contribution in [0.5, 0.6) is 0 Å². The molecule has 0 fully saturated rings. The summed E-state index contributed by atoms with van der Waals surface area (Å²) in [6.45, 7) is 6.38. The van der Waals surface area contributed by atoms with Gasteiger partial charge in [-0.15, -0.1) is 0 Å². The summed E-state index contributed by atoms with van der Waals surface area (Å²) in [6.07, 6.45) is 65.6. The lowest BCUT2D eigenvalue weighted by molar-refractivity contribution is -0.167. The van der Waals surface area contributed by atoms with Gasteiger partial charge in [0.15, 0.2) is 6.10 Å². The van der Waals surface area contributed by atoms with Crippen molar-refractivity contribution in [1.82, 2.24) is 0 Å². The van der Waals surface area contributed by atoms with Crippen molar-refractivity contribution in [1.29, 1.82) is 0 Å². The van der Waals surface area contributed by atoms with Crippen molar-refractivity contribution in [2.24, 2.45) is 0 Å². The molecule has 6 heteroatoms. The van der Waals surface area contributed by atoms with Gasteiger partial charge in [-0.25, -0.2) is 0 Å². The van der Waals surface area contributed by atoms with Crippen molar-refractivity contribution in [3.05, 3.63) is 97.2 Å². The molecule has 62 heavy (non-hydrogen) atoms. The molecule has 1 atom stereocenters. The van der Waals surface area contributed by atoms with Crippen LogP contribution in [0.1, 0.15) is 220 Å². The largest absolute Gasteiger partial charge is 0.462 e. The Morgan fingerprint density at radius 2 is 0.645 bits per heavy atom. The van der Waals surface area contributed by atoms with Gasteiger partial charge in [0.05, 0.1) is 0 Å². The first-order chi connectivity index (χ1) is 30.5. The minimum Gasteiger partial charge on any atom is -0.462 e. The van der Waals surface area contributed by atoms with E-state index >= 15 is 0 Å². The Morgan fingerprint density at radius 3 is 1.05 bits per heavy atom. The van der Waals surface area contributed by atoms with Crippen LogP contribution in [0.15, 0.2) is 97.2 Å². The average Bonchev–Trinajstić information content (AvgIpc) is 3.27. The maximum Gasteiger partial charge on any atom is 0.306 e. The van der Waals surface area contributed by atoms with Crippen molar-refractivity contribution >= 4 is 17.9 Å². The zero-order valence-electron chi connectivity index (χ0n) is 40.1. The van der Waals surface area contributed by atoms with Gasteiger partial charge in [-0.3, -0.25) is 14.4 Å². The summed E-state index contributed by atoms with van der Waals surface area (Å²) in [5.74, 6) is -0.934. The van der Waals surface area contributed by atoms with Crippen LogP contribution in [0.3, 0.4) is 0 Å². The van der Waals surface area contributed by atoms with Gasteiger partial charge in [-0.1, -0.05) is 201 Å². The zero-order chi connectivity index (χ0) is 45.1. The van der Waals surface area contributed by atoms with E-state index in [2.05, 4.69) is 118 Å². The number of ether oxygens (including phenoxy) is 3. The SMILES string of the molecule is CC/C=C\C/C=C\C/C=C\C/C=C\C/C=C\C/C=C\C/C=C\CCCCCCCC(=O)OCC(COC(=O)CCCCCCCC)OC(=O)CCCCCCC/C=C\CCCC. The van der Waals surface area contributed by atoms with Crippen molar-refractivity contribution < 1.29 is 28.6 Å². The Morgan fingerprint density at radius 1 is 0.339 bits per heavy atom. The normalized spacial score (nSPS) is 12.9. The average molecular weight is 861 g/mol. The van der Waals surface area contributed by atoms with Gasteiger partial charge in [0.2, 0.25) is 0 Å². The minimum atomic E-state index is -0.785. The van der Waals surface area contributed by atoms with Crippen LogP contribution >= 0.6 is 0 Å². The van der Waals surface area contributed by atoms with Crippen molar-refractivity contribution in [3.8, 4) is 0 Å². The number of carbonyl (C=O) groups is 3. The molecule has 0 N–H and O–H groups in total. The molecular weight excluding hydrogens is 769 g/mol. The quantitative estimate of drug-likeness (QED) is 0.0263. The van der Waals surface area contributed by atoms with E-state index in [0.29, 0.717) is 19.3 Å². The first-order valence-electron chi connectivity index (χ1n) is 25.2. The predicted molar refractivity (Wildman–Crippen MR) is 265 cm³/mol. The Hall–Kier alpha value is -3.67. The molecule has 0 aromatic carbocycles. The van der Waals surface area contributed by atoms with E-state index in [1.807, 2.05) is 0 Å². The van der Waals surface area contributed by atoms with E-state index in [0.717, 1.165) is 135 Å². The highest BCUT2D eigenvalue weighted by Crippen LogP contribution is 2.13. The predicted octanol–water partition coefficient (Wildman–Crippen LogP) is 16.6. The van der Waals surface area contributed by atoms with E-state index < -0.39 is 6.10 Å². The number of hydrogen-bond acceptors (Lipinski definition) is 6. The summed E-state index contributed by atoms with van der Waals surface area (Å²) in [4.78, 5) is 37.6. The van der Waals surface area contributed by atoms with Crippen molar-refractivity contribution in [2.75, 3.05) is 13.2 Å². The standard InChI is InChI=1S/C56H92O6/c1-4-7-10-13-16-18-20-21-22-23-24-25-26-27-28-29-30-31-32-33-34-35-37-38-40-43-46-49-55(58)61-52-53(51-60-54(57)48-45-42-15-12-9-6-3)62-56(59)50-47-44-41-39-36-19-17-14-11-8-5-2/h7,10,14,16-18,21-22,24-25,27-28,30-31,33-34,53H,4-6,8-9,11-13,15,19-20,23,26,29,32,35-52H2,1-3H3/b10-7-,17-14-,18-16-,22-21-,25-24-,28-27-,31-30-,34-33-. The van der Waals surface area contributed by atoms with E-state index in [4.69, 9.17) is 14.2 Å². The van der Waals surface area contributed by atoms with Crippen LogP contribution in [0, 0.1) is 0 Å². The van der Waals surface area contributed by atoms with Crippen LogP contribution in [-0.2, 0) is 28.6 Å². The molecule has 0 radical (unpaired) electrons. The lowest BCUT2D eigenvalue weighted by atomic mass is 10.1. The summed E-state index contributed by atoms with van der Waals surface area (Å²) in [5, 5.41) is 0. The number of hydrogen-bond donors (Lipinski definition) is 0. The number of rotatable bonds is 44. The smallest absolute Gasteiger partial charge is 0.306 e. The van der Waals surface area contributed by atoms with E-state index in [1.165, 1.54) is 44.9 Å². The van der Waals surface area contributed by atoms with Gasteiger partial charge in [0, 0.05) is 19.3 Å². The van der Waals surface area contributed by atoms with Crippen LogP contribution in [0.4, 0.5) is 0 Å². The van der Waals surface area contributed by atoms with Crippen LogP contribution in [0.25, 0.3) is 0 Å². The Kier molecular flexibility index (Phi) is 47.0. The van der Waals surface area contributed by atoms with E-state index in [1.54, 1.807) is 0 Å². The third-order valence-electron chi connectivity index (χ3n) is 10.3. The molecule has 0 aromatic rings. The van der Waals surface area contributed by atoms with Gasteiger partial charge in [0.25, 0.3) is 0 Å². The molecule has 0 saturated heterocycles. The summed E-state index contributed by atoms with van der Waals surface area (Å²) < 4.78 is 16.6. The van der Waals surface area contributed by atoms with Crippen molar-refractivity contribution in [2.45, 2.75) is 226 Å².